The molecule has 2 aliphatic rings. The van der Waals surface area contributed by atoms with Crippen LogP contribution in [0.5, 0.6) is 0 Å². The second kappa shape index (κ2) is 5.10. The minimum absolute atomic E-state index is 0.0916. The van der Waals surface area contributed by atoms with Gasteiger partial charge < -0.3 is 5.32 Å². The number of benzene rings is 1. The molecule has 1 amide bonds. The summed E-state index contributed by atoms with van der Waals surface area (Å²) in [6.45, 7) is 0. The SMILES string of the molecule is O=C(NC1(c2ccc(Cl)cc2)CC1)C1CC1c1cccnc1. The lowest BCUT2D eigenvalue weighted by molar-refractivity contribution is -0.123. The van der Waals surface area contributed by atoms with E-state index in [0.717, 1.165) is 29.8 Å². The van der Waals surface area contributed by atoms with Gasteiger partial charge in [0.2, 0.25) is 5.91 Å². The van der Waals surface area contributed by atoms with Gasteiger partial charge in [-0.1, -0.05) is 29.8 Å². The van der Waals surface area contributed by atoms with E-state index in [9.17, 15) is 4.79 Å². The molecule has 0 aliphatic heterocycles. The number of nitrogens with zero attached hydrogens (tertiary/aromatic N) is 1. The molecule has 1 aromatic heterocycles. The second-order valence-electron chi connectivity index (χ2n) is 6.31. The molecule has 0 bridgehead atoms. The van der Waals surface area contributed by atoms with Crippen molar-refractivity contribution in [3.8, 4) is 0 Å². The summed E-state index contributed by atoms with van der Waals surface area (Å²) in [7, 11) is 0. The zero-order chi connectivity index (χ0) is 15.2. The van der Waals surface area contributed by atoms with E-state index >= 15 is 0 Å². The molecule has 1 aromatic carbocycles. The molecule has 1 N–H and O–H groups in total. The van der Waals surface area contributed by atoms with Crippen LogP contribution in [0.3, 0.4) is 0 Å². The largest absolute Gasteiger partial charge is 0.346 e. The molecule has 2 unspecified atom stereocenters. The lowest BCUT2D eigenvalue weighted by atomic mass is 10.0. The van der Waals surface area contributed by atoms with Crippen LogP contribution >= 0.6 is 11.6 Å². The number of rotatable bonds is 4. The molecule has 1 heterocycles. The number of nitrogens with one attached hydrogen (secondary N) is 1. The number of carbonyl (C=O) groups excluding carboxylic acids is 1. The summed E-state index contributed by atoms with van der Waals surface area (Å²) in [5.41, 5.74) is 2.16. The highest BCUT2D eigenvalue weighted by atomic mass is 35.5. The molecule has 2 saturated carbocycles. The van der Waals surface area contributed by atoms with Gasteiger partial charge in [0.15, 0.2) is 0 Å². The van der Waals surface area contributed by atoms with Gasteiger partial charge in [-0.25, -0.2) is 0 Å². The van der Waals surface area contributed by atoms with Gasteiger partial charge in [0, 0.05) is 23.3 Å². The van der Waals surface area contributed by atoms with Gasteiger partial charge in [-0.15, -0.1) is 0 Å². The van der Waals surface area contributed by atoms with E-state index in [1.807, 2.05) is 36.5 Å². The van der Waals surface area contributed by atoms with Crippen molar-refractivity contribution in [2.24, 2.45) is 5.92 Å². The molecule has 4 rings (SSSR count). The average Bonchev–Trinajstić information content (AvgIpc) is 3.43. The summed E-state index contributed by atoms with van der Waals surface area (Å²) in [5.74, 6) is 0.588. The van der Waals surface area contributed by atoms with Crippen LogP contribution in [0.25, 0.3) is 0 Å². The first-order valence-electron chi connectivity index (χ1n) is 7.66. The number of pyridine rings is 1. The van der Waals surface area contributed by atoms with E-state index in [0.29, 0.717) is 5.92 Å². The zero-order valence-corrected chi connectivity index (χ0v) is 12.9. The molecule has 112 valence electrons. The Morgan fingerprint density at radius 3 is 2.64 bits per heavy atom. The van der Waals surface area contributed by atoms with E-state index in [2.05, 4.69) is 16.4 Å². The molecule has 2 aliphatic carbocycles. The predicted octanol–water partition coefficient (Wildman–Crippen LogP) is 3.64. The van der Waals surface area contributed by atoms with Crippen molar-refractivity contribution in [1.82, 2.24) is 10.3 Å². The van der Waals surface area contributed by atoms with Crippen LogP contribution in [0.1, 0.15) is 36.3 Å². The molecule has 0 spiro atoms. The van der Waals surface area contributed by atoms with Crippen molar-refractivity contribution < 1.29 is 4.79 Å². The molecular formula is C18H17ClN2O. The highest BCUT2D eigenvalue weighted by Gasteiger charge is 2.50. The fourth-order valence-electron chi connectivity index (χ4n) is 3.16. The van der Waals surface area contributed by atoms with Crippen molar-refractivity contribution in [2.45, 2.75) is 30.7 Å². The van der Waals surface area contributed by atoms with Crippen LogP contribution in [-0.2, 0) is 10.3 Å². The lowest BCUT2D eigenvalue weighted by Gasteiger charge is -2.18. The fraction of sp³-hybridized carbons (Fsp3) is 0.333. The fourth-order valence-corrected chi connectivity index (χ4v) is 3.28. The maximum absolute atomic E-state index is 12.5. The summed E-state index contributed by atoms with van der Waals surface area (Å²) in [6.07, 6.45) is 6.56. The van der Waals surface area contributed by atoms with Crippen molar-refractivity contribution in [2.75, 3.05) is 0 Å². The van der Waals surface area contributed by atoms with Crippen LogP contribution in [0.15, 0.2) is 48.8 Å². The molecule has 22 heavy (non-hydrogen) atoms. The first-order chi connectivity index (χ1) is 10.7. The molecule has 4 heteroatoms. The third kappa shape index (κ3) is 2.50. The first-order valence-corrected chi connectivity index (χ1v) is 8.04. The Labute approximate surface area is 134 Å². The van der Waals surface area contributed by atoms with Gasteiger partial charge in [0.05, 0.1) is 5.54 Å². The molecule has 0 saturated heterocycles. The number of carbonyl (C=O) groups is 1. The first kappa shape index (κ1) is 13.8. The van der Waals surface area contributed by atoms with Gasteiger partial charge in [-0.3, -0.25) is 9.78 Å². The number of halogens is 1. The van der Waals surface area contributed by atoms with Gasteiger partial charge >= 0.3 is 0 Å². The Hall–Kier alpha value is -1.87. The zero-order valence-electron chi connectivity index (χ0n) is 12.1. The summed E-state index contributed by atoms with van der Waals surface area (Å²) < 4.78 is 0. The number of hydrogen-bond acceptors (Lipinski definition) is 2. The molecule has 2 fully saturated rings. The topological polar surface area (TPSA) is 42.0 Å². The molecule has 0 radical (unpaired) electrons. The maximum Gasteiger partial charge on any atom is 0.224 e. The van der Waals surface area contributed by atoms with E-state index in [4.69, 9.17) is 11.6 Å². The number of hydrogen-bond donors (Lipinski definition) is 1. The van der Waals surface area contributed by atoms with E-state index in [1.165, 1.54) is 5.56 Å². The Kier molecular flexibility index (Phi) is 3.19. The van der Waals surface area contributed by atoms with Gasteiger partial charge in [0.1, 0.15) is 0 Å². The standard InChI is InChI=1S/C18H17ClN2O/c19-14-5-3-13(4-6-14)18(7-8-18)21-17(22)16-10-15(16)12-2-1-9-20-11-12/h1-6,9,11,15-16H,7-8,10H2,(H,21,22). The van der Waals surface area contributed by atoms with Crippen molar-refractivity contribution in [3.63, 3.8) is 0 Å². The predicted molar refractivity (Wildman–Crippen MR) is 85.6 cm³/mol. The van der Waals surface area contributed by atoms with Crippen LogP contribution in [0.4, 0.5) is 0 Å². The second-order valence-corrected chi connectivity index (χ2v) is 6.75. The Balaban J connectivity index is 1.44. The van der Waals surface area contributed by atoms with Crippen LogP contribution in [0, 0.1) is 5.92 Å². The van der Waals surface area contributed by atoms with E-state index in [-0.39, 0.29) is 17.4 Å². The summed E-state index contributed by atoms with van der Waals surface area (Å²) in [5, 5.41) is 3.99. The minimum atomic E-state index is -0.163. The highest BCUT2D eigenvalue weighted by molar-refractivity contribution is 6.30. The van der Waals surface area contributed by atoms with E-state index in [1.54, 1.807) is 6.20 Å². The minimum Gasteiger partial charge on any atom is -0.346 e. The van der Waals surface area contributed by atoms with Crippen molar-refractivity contribution in [1.29, 1.82) is 0 Å². The number of aromatic nitrogens is 1. The van der Waals surface area contributed by atoms with Crippen molar-refractivity contribution in [3.05, 3.63) is 64.9 Å². The molecule has 2 aromatic rings. The Morgan fingerprint density at radius 2 is 2.00 bits per heavy atom. The van der Waals surface area contributed by atoms with Crippen LogP contribution in [0.2, 0.25) is 5.02 Å². The summed E-state index contributed by atoms with van der Waals surface area (Å²) in [4.78, 5) is 16.7. The Morgan fingerprint density at radius 1 is 1.23 bits per heavy atom. The smallest absolute Gasteiger partial charge is 0.224 e. The molecule has 2 atom stereocenters. The summed E-state index contributed by atoms with van der Waals surface area (Å²) >= 11 is 5.94. The Bertz CT molecular complexity index is 695. The number of amides is 1. The monoisotopic (exact) mass is 312 g/mol. The van der Waals surface area contributed by atoms with Gasteiger partial charge in [-0.05, 0) is 54.5 Å². The van der Waals surface area contributed by atoms with E-state index < -0.39 is 0 Å². The normalized spacial score (nSPS) is 24.6. The van der Waals surface area contributed by atoms with Crippen LogP contribution in [-0.4, -0.2) is 10.9 Å². The molecule has 3 nitrogen and oxygen atoms in total. The highest BCUT2D eigenvalue weighted by Crippen LogP contribution is 2.50. The summed E-state index contributed by atoms with van der Waals surface area (Å²) in [6, 6.07) is 11.8. The van der Waals surface area contributed by atoms with Crippen molar-refractivity contribution >= 4 is 17.5 Å². The lowest BCUT2D eigenvalue weighted by Crippen LogP contribution is -2.36. The average molecular weight is 313 g/mol. The maximum atomic E-state index is 12.5. The third-order valence-electron chi connectivity index (χ3n) is 4.75. The molecular weight excluding hydrogens is 296 g/mol. The van der Waals surface area contributed by atoms with Gasteiger partial charge in [-0.2, -0.15) is 0 Å². The van der Waals surface area contributed by atoms with Crippen LogP contribution < -0.4 is 5.32 Å². The third-order valence-corrected chi connectivity index (χ3v) is 5.00. The van der Waals surface area contributed by atoms with Gasteiger partial charge in [0.25, 0.3) is 0 Å². The quantitative estimate of drug-likeness (QED) is 0.936.